The second-order valence-electron chi connectivity index (χ2n) is 11.4. The van der Waals surface area contributed by atoms with Crippen LogP contribution < -0.4 is 9.47 Å². The Labute approximate surface area is 265 Å². The fourth-order valence-electron chi connectivity index (χ4n) is 4.95. The average Bonchev–Trinajstić information content (AvgIpc) is 3.02. The second-order valence-corrected chi connectivity index (χ2v) is 11.4. The van der Waals surface area contributed by atoms with Crippen LogP contribution in [0.15, 0.2) is 66.7 Å². The number of aryl methyl sites for hydroxylation is 1. The third kappa shape index (κ3) is 11.9. The number of hydrogen-bond donors (Lipinski definition) is 0. The van der Waals surface area contributed by atoms with Crippen molar-refractivity contribution >= 4 is 11.9 Å². The van der Waals surface area contributed by atoms with Crippen molar-refractivity contribution < 1.29 is 37.0 Å². The summed E-state index contributed by atoms with van der Waals surface area (Å²) in [5, 5.41) is 0. The number of alkyl halides is 3. The molecule has 0 saturated carbocycles. The third-order valence-electron chi connectivity index (χ3n) is 7.64. The number of ether oxygens (including phenoxy) is 3. The summed E-state index contributed by atoms with van der Waals surface area (Å²) in [5.41, 5.74) is 2.56. The fraction of sp³-hybridized carbons (Fsp3) is 0.459. The van der Waals surface area contributed by atoms with Gasteiger partial charge in [0.25, 0.3) is 0 Å². The second kappa shape index (κ2) is 18.2. The molecule has 0 N–H and O–H groups in total. The maximum atomic E-state index is 13.5. The molecule has 244 valence electrons. The van der Waals surface area contributed by atoms with Crippen LogP contribution in [0.2, 0.25) is 0 Å². The highest BCUT2D eigenvalue weighted by atomic mass is 19.4. The fourth-order valence-corrected chi connectivity index (χ4v) is 4.95. The average molecular weight is 627 g/mol. The monoisotopic (exact) mass is 626 g/mol. The lowest BCUT2D eigenvalue weighted by Gasteiger charge is -2.21. The molecule has 0 bridgehead atoms. The Morgan fingerprint density at radius 3 is 1.84 bits per heavy atom. The van der Waals surface area contributed by atoms with Crippen LogP contribution in [-0.4, -0.2) is 30.8 Å². The number of hydrogen-bond acceptors (Lipinski definition) is 5. The van der Waals surface area contributed by atoms with E-state index in [2.05, 4.69) is 6.92 Å². The van der Waals surface area contributed by atoms with Gasteiger partial charge in [-0.1, -0.05) is 89.5 Å². The summed E-state index contributed by atoms with van der Waals surface area (Å²) < 4.78 is 56.6. The van der Waals surface area contributed by atoms with Gasteiger partial charge >= 0.3 is 18.1 Å². The number of unbranched alkanes of at least 4 members (excludes halogenated alkanes) is 8. The Morgan fingerprint density at radius 1 is 0.689 bits per heavy atom. The Balaban J connectivity index is 1.53. The molecule has 0 aliphatic rings. The van der Waals surface area contributed by atoms with Gasteiger partial charge in [0.2, 0.25) is 0 Å². The van der Waals surface area contributed by atoms with Gasteiger partial charge in [-0.2, -0.15) is 13.2 Å². The zero-order valence-electron chi connectivity index (χ0n) is 26.6. The lowest BCUT2D eigenvalue weighted by molar-refractivity contribution is -0.206. The van der Waals surface area contributed by atoms with Gasteiger partial charge in [-0.05, 0) is 85.3 Å². The highest BCUT2D eigenvalue weighted by molar-refractivity contribution is 5.93. The van der Waals surface area contributed by atoms with Crippen molar-refractivity contribution in [2.24, 2.45) is 0 Å². The molecule has 1 unspecified atom stereocenters. The molecule has 5 nitrogen and oxygen atoms in total. The van der Waals surface area contributed by atoms with Gasteiger partial charge < -0.3 is 14.2 Å². The van der Waals surface area contributed by atoms with E-state index in [1.54, 1.807) is 19.1 Å². The SMILES string of the molecule is CCCCCCCCOc1ccc(-c2ccc(C(=O)Oc3ccc(C(=O)OC(CCCCCC)C(F)(F)F)c(C)c3)cc2)cc1. The highest BCUT2D eigenvalue weighted by Crippen LogP contribution is 2.29. The molecule has 0 radical (unpaired) electrons. The quantitative estimate of drug-likeness (QED) is 0.0799. The van der Waals surface area contributed by atoms with E-state index in [-0.39, 0.29) is 17.7 Å². The lowest BCUT2D eigenvalue weighted by atomic mass is 10.0. The minimum absolute atomic E-state index is 0.0132. The van der Waals surface area contributed by atoms with Crippen LogP contribution in [0, 0.1) is 6.92 Å². The molecule has 3 rings (SSSR count). The summed E-state index contributed by atoms with van der Waals surface area (Å²) in [7, 11) is 0. The van der Waals surface area contributed by atoms with Gasteiger partial charge in [-0.25, -0.2) is 9.59 Å². The third-order valence-corrected chi connectivity index (χ3v) is 7.64. The molecule has 0 aliphatic heterocycles. The Morgan fingerprint density at radius 2 is 1.24 bits per heavy atom. The van der Waals surface area contributed by atoms with Crippen LogP contribution in [0.1, 0.15) is 111 Å². The van der Waals surface area contributed by atoms with E-state index in [9.17, 15) is 22.8 Å². The molecule has 0 amide bonds. The molecule has 1 atom stereocenters. The van der Waals surface area contributed by atoms with Crippen molar-refractivity contribution in [3.8, 4) is 22.6 Å². The number of carbonyl (C=O) groups is 2. The zero-order chi connectivity index (χ0) is 32.7. The molecule has 0 spiro atoms. The first-order valence-corrected chi connectivity index (χ1v) is 16.1. The predicted octanol–water partition coefficient (Wildman–Crippen LogP) is 10.7. The van der Waals surface area contributed by atoms with Crippen molar-refractivity contribution in [3.63, 3.8) is 0 Å². The largest absolute Gasteiger partial charge is 0.494 e. The molecule has 0 saturated heterocycles. The van der Waals surface area contributed by atoms with Gasteiger partial charge in [0.15, 0.2) is 6.10 Å². The minimum Gasteiger partial charge on any atom is -0.494 e. The van der Waals surface area contributed by atoms with Crippen molar-refractivity contribution in [2.45, 2.75) is 104 Å². The van der Waals surface area contributed by atoms with E-state index in [0.717, 1.165) is 36.1 Å². The molecule has 0 fully saturated rings. The minimum atomic E-state index is -4.65. The highest BCUT2D eigenvalue weighted by Gasteiger charge is 2.42. The van der Waals surface area contributed by atoms with Gasteiger partial charge in [0.1, 0.15) is 11.5 Å². The number of esters is 2. The van der Waals surface area contributed by atoms with E-state index in [1.807, 2.05) is 43.3 Å². The summed E-state index contributed by atoms with van der Waals surface area (Å²) in [5.74, 6) is -0.665. The number of halogens is 3. The van der Waals surface area contributed by atoms with Crippen molar-refractivity contribution in [1.82, 2.24) is 0 Å². The van der Waals surface area contributed by atoms with Gasteiger partial charge in [0, 0.05) is 0 Å². The summed E-state index contributed by atoms with van der Waals surface area (Å²) in [6.07, 6.45) is 2.87. The molecule has 8 heteroatoms. The Hall–Kier alpha value is -3.81. The van der Waals surface area contributed by atoms with E-state index in [0.29, 0.717) is 30.6 Å². The van der Waals surface area contributed by atoms with Crippen LogP contribution >= 0.6 is 0 Å². The van der Waals surface area contributed by atoms with Crippen molar-refractivity contribution in [1.29, 1.82) is 0 Å². The number of rotatable bonds is 18. The van der Waals surface area contributed by atoms with Crippen LogP contribution in [0.25, 0.3) is 11.1 Å². The molecular weight excluding hydrogens is 581 g/mol. The van der Waals surface area contributed by atoms with Crippen molar-refractivity contribution in [3.05, 3.63) is 83.4 Å². The first-order chi connectivity index (χ1) is 21.6. The lowest BCUT2D eigenvalue weighted by Crippen LogP contribution is -2.34. The molecule has 0 aromatic heterocycles. The molecular formula is C37H45F3O5. The van der Waals surface area contributed by atoms with Gasteiger partial charge in [0.05, 0.1) is 17.7 Å². The molecule has 0 heterocycles. The zero-order valence-corrected chi connectivity index (χ0v) is 26.6. The van der Waals surface area contributed by atoms with Crippen LogP contribution in [0.3, 0.4) is 0 Å². The summed E-state index contributed by atoms with van der Waals surface area (Å²) in [6, 6.07) is 18.9. The van der Waals surface area contributed by atoms with Crippen LogP contribution in [0.4, 0.5) is 13.2 Å². The van der Waals surface area contributed by atoms with Crippen LogP contribution in [0.5, 0.6) is 11.5 Å². The van der Waals surface area contributed by atoms with E-state index >= 15 is 0 Å². The standard InChI is InChI=1S/C37H45F3O5/c1-4-6-8-10-11-13-25-43-31-21-19-29(20-22-31)28-15-17-30(18-16-28)35(41)44-32-23-24-33(27(3)26-32)36(42)45-34(37(38,39)40)14-12-9-7-5-2/h15-24,26,34H,4-14,25H2,1-3H3. The smallest absolute Gasteiger partial charge is 0.425 e. The number of carbonyl (C=O) groups excluding carboxylic acids is 2. The topological polar surface area (TPSA) is 61.8 Å². The first-order valence-electron chi connectivity index (χ1n) is 16.1. The van der Waals surface area contributed by atoms with E-state index < -0.39 is 24.2 Å². The molecule has 0 aliphatic carbocycles. The van der Waals surface area contributed by atoms with Gasteiger partial charge in [-0.3, -0.25) is 0 Å². The maximum Gasteiger partial charge on any atom is 0.425 e. The Bertz CT molecular complexity index is 1330. The van der Waals surface area contributed by atoms with Gasteiger partial charge in [-0.15, -0.1) is 0 Å². The molecule has 3 aromatic rings. The Kier molecular flexibility index (Phi) is 14.4. The molecule has 3 aromatic carbocycles. The van der Waals surface area contributed by atoms with Crippen molar-refractivity contribution in [2.75, 3.05) is 6.61 Å². The summed E-state index contributed by atoms with van der Waals surface area (Å²) >= 11 is 0. The maximum absolute atomic E-state index is 13.5. The van der Waals surface area contributed by atoms with E-state index in [4.69, 9.17) is 14.2 Å². The van der Waals surface area contributed by atoms with Crippen LogP contribution in [-0.2, 0) is 4.74 Å². The summed E-state index contributed by atoms with van der Waals surface area (Å²) in [4.78, 5) is 25.4. The molecule has 45 heavy (non-hydrogen) atoms. The van der Waals surface area contributed by atoms with E-state index in [1.165, 1.54) is 50.3 Å². The number of benzene rings is 3. The normalized spacial score (nSPS) is 12.0. The summed E-state index contributed by atoms with van der Waals surface area (Å²) in [6.45, 7) is 6.43. The predicted molar refractivity (Wildman–Crippen MR) is 171 cm³/mol. The first kappa shape index (κ1) is 35.7.